The first-order valence-electron chi connectivity index (χ1n) is 9.43. The van der Waals surface area contributed by atoms with E-state index in [0.29, 0.717) is 10.6 Å². The number of nitrogens with one attached hydrogen (secondary N) is 1. The highest BCUT2D eigenvalue weighted by atomic mass is 35.5. The van der Waals surface area contributed by atoms with Crippen LogP contribution in [0.4, 0.5) is 0 Å². The molecule has 1 aromatic rings. The molecule has 1 saturated heterocycles. The summed E-state index contributed by atoms with van der Waals surface area (Å²) < 4.78 is 6.15. The Kier molecular flexibility index (Phi) is 6.24. The highest BCUT2D eigenvalue weighted by Crippen LogP contribution is 2.36. The van der Waals surface area contributed by atoms with E-state index in [1.54, 1.807) is 26.2 Å². The van der Waals surface area contributed by atoms with Crippen LogP contribution in [0.25, 0.3) is 0 Å². The number of amides is 1. The Morgan fingerprint density at radius 1 is 1.08 bits per heavy atom. The van der Waals surface area contributed by atoms with Crippen molar-refractivity contribution >= 4 is 17.5 Å². The van der Waals surface area contributed by atoms with Gasteiger partial charge in [-0.3, -0.25) is 4.79 Å². The SMILES string of the molecule is CN(C)C(=O)c1ccc(OC2CCC(C3CCNCC3)CC2)cc1Cl. The van der Waals surface area contributed by atoms with Crippen LogP contribution >= 0.6 is 11.6 Å². The van der Waals surface area contributed by atoms with Crippen LogP contribution in [0.1, 0.15) is 48.9 Å². The minimum atomic E-state index is -0.0842. The topological polar surface area (TPSA) is 41.6 Å². The molecule has 1 aromatic carbocycles. The normalized spacial score (nSPS) is 24.8. The van der Waals surface area contributed by atoms with Crippen molar-refractivity contribution in [2.75, 3.05) is 27.2 Å². The smallest absolute Gasteiger partial charge is 0.254 e. The zero-order chi connectivity index (χ0) is 17.8. The Labute approximate surface area is 155 Å². The number of carbonyl (C=O) groups is 1. The van der Waals surface area contributed by atoms with E-state index in [9.17, 15) is 4.79 Å². The number of benzene rings is 1. The number of nitrogens with zero attached hydrogens (tertiary/aromatic N) is 1. The lowest BCUT2D eigenvalue weighted by molar-refractivity contribution is 0.0827. The van der Waals surface area contributed by atoms with Gasteiger partial charge in [0.2, 0.25) is 0 Å². The highest BCUT2D eigenvalue weighted by Gasteiger charge is 2.29. The first-order valence-corrected chi connectivity index (χ1v) is 9.81. The van der Waals surface area contributed by atoms with Gasteiger partial charge in [0.25, 0.3) is 5.91 Å². The molecule has 0 atom stereocenters. The van der Waals surface area contributed by atoms with Crippen LogP contribution in [-0.4, -0.2) is 44.1 Å². The number of hydrogen-bond acceptors (Lipinski definition) is 3. The van der Waals surface area contributed by atoms with Gasteiger partial charge in [-0.2, -0.15) is 0 Å². The minimum absolute atomic E-state index is 0.0842. The molecule has 0 aromatic heterocycles. The summed E-state index contributed by atoms with van der Waals surface area (Å²) in [4.78, 5) is 13.6. The van der Waals surface area contributed by atoms with E-state index in [0.717, 1.165) is 30.4 Å². The van der Waals surface area contributed by atoms with Gasteiger partial charge in [-0.05, 0) is 81.6 Å². The zero-order valence-corrected chi connectivity index (χ0v) is 16.0. The quantitative estimate of drug-likeness (QED) is 0.878. The summed E-state index contributed by atoms with van der Waals surface area (Å²) in [7, 11) is 3.45. The lowest BCUT2D eigenvalue weighted by Crippen LogP contribution is -2.34. The molecule has 0 unspecified atom stereocenters. The van der Waals surface area contributed by atoms with E-state index in [2.05, 4.69) is 5.32 Å². The van der Waals surface area contributed by atoms with Crippen molar-refractivity contribution in [2.24, 2.45) is 11.8 Å². The third kappa shape index (κ3) is 4.68. The van der Waals surface area contributed by atoms with Crippen molar-refractivity contribution in [1.82, 2.24) is 10.2 Å². The molecular weight excluding hydrogens is 336 g/mol. The summed E-state index contributed by atoms with van der Waals surface area (Å²) in [6, 6.07) is 5.40. The molecule has 2 aliphatic rings. The van der Waals surface area contributed by atoms with Crippen LogP contribution in [0.15, 0.2) is 18.2 Å². The third-order valence-electron chi connectivity index (χ3n) is 5.65. The molecule has 1 saturated carbocycles. The second-order valence-electron chi connectivity index (χ2n) is 7.58. The number of carbonyl (C=O) groups excluding carboxylic acids is 1. The maximum atomic E-state index is 12.0. The van der Waals surface area contributed by atoms with E-state index in [4.69, 9.17) is 16.3 Å². The fourth-order valence-electron chi connectivity index (χ4n) is 4.17. The average Bonchev–Trinajstić information content (AvgIpc) is 2.62. The van der Waals surface area contributed by atoms with Crippen LogP contribution in [0.3, 0.4) is 0 Å². The number of piperidine rings is 1. The molecule has 5 heteroatoms. The van der Waals surface area contributed by atoms with Gasteiger partial charge in [0.15, 0.2) is 0 Å². The average molecular weight is 365 g/mol. The lowest BCUT2D eigenvalue weighted by atomic mass is 9.75. The number of rotatable bonds is 4. The molecule has 4 nitrogen and oxygen atoms in total. The minimum Gasteiger partial charge on any atom is -0.490 e. The lowest BCUT2D eigenvalue weighted by Gasteiger charge is -2.36. The Morgan fingerprint density at radius 3 is 2.32 bits per heavy atom. The zero-order valence-electron chi connectivity index (χ0n) is 15.3. The summed E-state index contributed by atoms with van der Waals surface area (Å²) in [5, 5.41) is 3.91. The van der Waals surface area contributed by atoms with Crippen molar-refractivity contribution in [3.63, 3.8) is 0 Å². The Balaban J connectivity index is 1.53. The van der Waals surface area contributed by atoms with Gasteiger partial charge in [-0.15, -0.1) is 0 Å². The number of hydrogen-bond donors (Lipinski definition) is 1. The monoisotopic (exact) mass is 364 g/mol. The van der Waals surface area contributed by atoms with Gasteiger partial charge >= 0.3 is 0 Å². The molecule has 2 fully saturated rings. The van der Waals surface area contributed by atoms with Crippen molar-refractivity contribution in [2.45, 2.75) is 44.6 Å². The van der Waals surface area contributed by atoms with Crippen molar-refractivity contribution in [3.8, 4) is 5.75 Å². The molecule has 1 aliphatic heterocycles. The molecule has 1 N–H and O–H groups in total. The molecule has 1 amide bonds. The summed E-state index contributed by atoms with van der Waals surface area (Å²) in [5.74, 6) is 2.45. The van der Waals surface area contributed by atoms with Crippen LogP contribution in [0.5, 0.6) is 5.75 Å². The standard InChI is InChI=1S/C20H29ClN2O2/c1-23(2)20(24)18-8-7-17(13-19(18)21)25-16-5-3-14(4-6-16)15-9-11-22-12-10-15/h7-8,13-16,22H,3-6,9-12H2,1-2H3. The summed E-state index contributed by atoms with van der Waals surface area (Å²) in [6.45, 7) is 2.36. The van der Waals surface area contributed by atoms with Crippen LogP contribution < -0.4 is 10.1 Å². The fraction of sp³-hybridized carbons (Fsp3) is 0.650. The van der Waals surface area contributed by atoms with Gasteiger partial charge < -0.3 is 15.0 Å². The van der Waals surface area contributed by atoms with Gasteiger partial charge in [0.1, 0.15) is 5.75 Å². The van der Waals surface area contributed by atoms with E-state index in [-0.39, 0.29) is 12.0 Å². The Morgan fingerprint density at radius 2 is 1.72 bits per heavy atom. The van der Waals surface area contributed by atoms with Crippen LogP contribution in [-0.2, 0) is 0 Å². The van der Waals surface area contributed by atoms with E-state index < -0.39 is 0 Å². The molecule has 1 heterocycles. The van der Waals surface area contributed by atoms with Crippen molar-refractivity contribution in [3.05, 3.63) is 28.8 Å². The predicted octanol–water partition coefficient (Wildman–Crippen LogP) is 3.98. The number of halogens is 1. The van der Waals surface area contributed by atoms with E-state index in [1.807, 2.05) is 6.07 Å². The maximum absolute atomic E-state index is 12.0. The summed E-state index contributed by atoms with van der Waals surface area (Å²) in [6.07, 6.45) is 7.68. The molecular formula is C20H29ClN2O2. The van der Waals surface area contributed by atoms with Gasteiger partial charge in [-0.1, -0.05) is 11.6 Å². The molecule has 1 aliphatic carbocycles. The third-order valence-corrected chi connectivity index (χ3v) is 5.96. The number of ether oxygens (including phenoxy) is 1. The van der Waals surface area contributed by atoms with E-state index >= 15 is 0 Å². The summed E-state index contributed by atoms with van der Waals surface area (Å²) >= 11 is 6.28. The van der Waals surface area contributed by atoms with Crippen LogP contribution in [0, 0.1) is 11.8 Å². The highest BCUT2D eigenvalue weighted by molar-refractivity contribution is 6.34. The van der Waals surface area contributed by atoms with Crippen molar-refractivity contribution in [1.29, 1.82) is 0 Å². The fourth-order valence-corrected chi connectivity index (χ4v) is 4.42. The van der Waals surface area contributed by atoms with Gasteiger partial charge in [-0.25, -0.2) is 0 Å². The second-order valence-corrected chi connectivity index (χ2v) is 7.99. The first kappa shape index (κ1) is 18.5. The van der Waals surface area contributed by atoms with E-state index in [1.165, 1.54) is 43.7 Å². The maximum Gasteiger partial charge on any atom is 0.254 e. The second kappa shape index (κ2) is 8.41. The Bertz CT molecular complexity index is 591. The summed E-state index contributed by atoms with van der Waals surface area (Å²) in [5.41, 5.74) is 0.522. The molecule has 3 rings (SSSR count). The molecule has 25 heavy (non-hydrogen) atoms. The van der Waals surface area contributed by atoms with Crippen molar-refractivity contribution < 1.29 is 9.53 Å². The van der Waals surface area contributed by atoms with Gasteiger partial charge in [0, 0.05) is 14.1 Å². The van der Waals surface area contributed by atoms with Gasteiger partial charge in [0.05, 0.1) is 16.7 Å². The molecule has 0 spiro atoms. The largest absolute Gasteiger partial charge is 0.490 e. The molecule has 0 radical (unpaired) electrons. The molecule has 138 valence electrons. The Hall–Kier alpha value is -1.26. The predicted molar refractivity (Wildman–Crippen MR) is 101 cm³/mol. The first-order chi connectivity index (χ1) is 12.0. The molecule has 0 bridgehead atoms. The van der Waals surface area contributed by atoms with Crippen LogP contribution in [0.2, 0.25) is 5.02 Å².